The molecule has 0 radical (unpaired) electrons. The molecule has 0 aliphatic rings. The van der Waals surface area contributed by atoms with Crippen molar-refractivity contribution in [3.05, 3.63) is 70.4 Å². The summed E-state index contributed by atoms with van der Waals surface area (Å²) in [7, 11) is 0. The molecule has 1 N–H and O–H groups in total. The number of rotatable bonds is 6. The predicted octanol–water partition coefficient (Wildman–Crippen LogP) is 4.66. The molecule has 0 bridgehead atoms. The maximum absolute atomic E-state index is 3.62. The van der Waals surface area contributed by atoms with Crippen molar-refractivity contribution < 1.29 is 0 Å². The molecule has 0 saturated carbocycles. The minimum Gasteiger partial charge on any atom is -0.314 e. The summed E-state index contributed by atoms with van der Waals surface area (Å²) in [6.45, 7) is 3.20. The Morgan fingerprint density at radius 1 is 0.952 bits per heavy atom. The smallest absolute Gasteiger partial charge is 0.0148 e. The molecule has 1 aromatic heterocycles. The van der Waals surface area contributed by atoms with E-state index in [1.807, 2.05) is 0 Å². The van der Waals surface area contributed by atoms with E-state index in [0.29, 0.717) is 6.04 Å². The molecule has 0 aliphatic carbocycles. The summed E-state index contributed by atoms with van der Waals surface area (Å²) in [5.74, 6) is 0. The van der Waals surface area contributed by atoms with E-state index in [9.17, 15) is 0 Å². The average molecular weight is 295 g/mol. The quantitative estimate of drug-likeness (QED) is 0.697. The third kappa shape index (κ3) is 3.72. The SMILES string of the molecule is CCNC(Cc1ccsc1)Cc1ccc2ccccc2c1. The first-order chi connectivity index (χ1) is 10.3. The Morgan fingerprint density at radius 3 is 2.52 bits per heavy atom. The Kier molecular flexibility index (Phi) is 4.69. The van der Waals surface area contributed by atoms with Crippen LogP contribution in [0.2, 0.25) is 0 Å². The molecule has 2 aromatic carbocycles. The second-order valence-electron chi connectivity index (χ2n) is 5.48. The Balaban J connectivity index is 1.76. The zero-order chi connectivity index (χ0) is 14.5. The summed E-state index contributed by atoms with van der Waals surface area (Å²) in [5.41, 5.74) is 2.85. The number of hydrogen-bond donors (Lipinski definition) is 1. The van der Waals surface area contributed by atoms with Crippen LogP contribution >= 0.6 is 11.3 Å². The van der Waals surface area contributed by atoms with Gasteiger partial charge in [-0.3, -0.25) is 0 Å². The number of nitrogens with one attached hydrogen (secondary N) is 1. The Hall–Kier alpha value is -1.64. The lowest BCUT2D eigenvalue weighted by molar-refractivity contribution is 0.522. The van der Waals surface area contributed by atoms with Gasteiger partial charge in [-0.25, -0.2) is 0 Å². The summed E-state index contributed by atoms with van der Waals surface area (Å²) in [6.07, 6.45) is 2.18. The molecule has 0 saturated heterocycles. The zero-order valence-corrected chi connectivity index (χ0v) is 13.2. The predicted molar refractivity (Wildman–Crippen MR) is 93.1 cm³/mol. The van der Waals surface area contributed by atoms with Crippen LogP contribution in [0.1, 0.15) is 18.1 Å². The minimum absolute atomic E-state index is 0.505. The van der Waals surface area contributed by atoms with E-state index in [-0.39, 0.29) is 0 Å². The lowest BCUT2D eigenvalue weighted by Crippen LogP contribution is -2.32. The summed E-state index contributed by atoms with van der Waals surface area (Å²) >= 11 is 1.78. The maximum Gasteiger partial charge on any atom is 0.0148 e. The number of thiophene rings is 1. The molecule has 2 heteroatoms. The lowest BCUT2D eigenvalue weighted by atomic mass is 9.98. The van der Waals surface area contributed by atoms with Crippen LogP contribution in [0.3, 0.4) is 0 Å². The fourth-order valence-corrected chi connectivity index (χ4v) is 3.53. The van der Waals surface area contributed by atoms with Gasteiger partial charge in [0.2, 0.25) is 0 Å². The lowest BCUT2D eigenvalue weighted by Gasteiger charge is -2.18. The van der Waals surface area contributed by atoms with Gasteiger partial charge in [0.15, 0.2) is 0 Å². The van der Waals surface area contributed by atoms with Gasteiger partial charge in [-0.1, -0.05) is 49.4 Å². The van der Waals surface area contributed by atoms with Gasteiger partial charge in [-0.05, 0) is 58.1 Å². The summed E-state index contributed by atoms with van der Waals surface area (Å²) < 4.78 is 0. The van der Waals surface area contributed by atoms with Gasteiger partial charge in [-0.15, -0.1) is 0 Å². The van der Waals surface area contributed by atoms with Gasteiger partial charge in [0, 0.05) is 6.04 Å². The molecule has 0 fully saturated rings. The fourth-order valence-electron chi connectivity index (χ4n) is 2.85. The average Bonchev–Trinajstić information content (AvgIpc) is 3.00. The van der Waals surface area contributed by atoms with Crippen molar-refractivity contribution >= 4 is 22.1 Å². The van der Waals surface area contributed by atoms with Crippen molar-refractivity contribution in [1.29, 1.82) is 0 Å². The van der Waals surface area contributed by atoms with Crippen molar-refractivity contribution in [2.75, 3.05) is 6.54 Å². The van der Waals surface area contributed by atoms with E-state index < -0.39 is 0 Å². The van der Waals surface area contributed by atoms with Gasteiger partial charge < -0.3 is 5.32 Å². The molecule has 1 heterocycles. The van der Waals surface area contributed by atoms with Crippen molar-refractivity contribution in [2.24, 2.45) is 0 Å². The number of fused-ring (bicyclic) bond motifs is 1. The number of likely N-dealkylation sites (N-methyl/N-ethyl adjacent to an activating group) is 1. The van der Waals surface area contributed by atoms with Crippen LogP contribution in [-0.4, -0.2) is 12.6 Å². The largest absolute Gasteiger partial charge is 0.314 e. The molecule has 0 spiro atoms. The third-order valence-electron chi connectivity index (χ3n) is 3.85. The Bertz CT molecular complexity index is 688. The Labute approximate surface area is 130 Å². The molecule has 0 aliphatic heterocycles. The van der Waals surface area contributed by atoms with E-state index in [1.165, 1.54) is 21.9 Å². The molecule has 1 nitrogen and oxygen atoms in total. The van der Waals surface area contributed by atoms with Crippen LogP contribution in [0.5, 0.6) is 0 Å². The first kappa shape index (κ1) is 14.3. The van der Waals surface area contributed by atoms with E-state index in [4.69, 9.17) is 0 Å². The van der Waals surface area contributed by atoms with Gasteiger partial charge in [0.25, 0.3) is 0 Å². The topological polar surface area (TPSA) is 12.0 Å². The molecule has 3 rings (SSSR count). The van der Waals surface area contributed by atoms with E-state index in [0.717, 1.165) is 19.4 Å². The second kappa shape index (κ2) is 6.88. The molecule has 21 heavy (non-hydrogen) atoms. The van der Waals surface area contributed by atoms with Crippen molar-refractivity contribution in [1.82, 2.24) is 5.32 Å². The maximum atomic E-state index is 3.62. The van der Waals surface area contributed by atoms with Crippen LogP contribution in [0.25, 0.3) is 10.8 Å². The van der Waals surface area contributed by atoms with E-state index in [1.54, 1.807) is 11.3 Å². The monoisotopic (exact) mass is 295 g/mol. The number of hydrogen-bond acceptors (Lipinski definition) is 2. The highest BCUT2D eigenvalue weighted by atomic mass is 32.1. The van der Waals surface area contributed by atoms with E-state index >= 15 is 0 Å². The van der Waals surface area contributed by atoms with Crippen LogP contribution in [-0.2, 0) is 12.8 Å². The third-order valence-corrected chi connectivity index (χ3v) is 4.58. The standard InChI is InChI=1S/C19H21NS/c1-2-20-19(13-16-9-10-21-14-16)12-15-7-8-17-5-3-4-6-18(17)11-15/h3-11,14,19-20H,2,12-13H2,1H3. The van der Waals surface area contributed by atoms with Crippen molar-refractivity contribution in [3.63, 3.8) is 0 Å². The second-order valence-corrected chi connectivity index (χ2v) is 6.26. The molecule has 3 aromatic rings. The van der Waals surface area contributed by atoms with Crippen LogP contribution < -0.4 is 5.32 Å². The first-order valence-corrected chi connectivity index (χ1v) is 8.51. The normalized spacial score (nSPS) is 12.6. The van der Waals surface area contributed by atoms with Gasteiger partial charge in [0.1, 0.15) is 0 Å². The van der Waals surface area contributed by atoms with Crippen molar-refractivity contribution in [3.8, 4) is 0 Å². The summed E-state index contributed by atoms with van der Waals surface area (Å²) in [5, 5.41) is 10.7. The minimum atomic E-state index is 0.505. The first-order valence-electron chi connectivity index (χ1n) is 7.57. The Morgan fingerprint density at radius 2 is 1.76 bits per heavy atom. The molecule has 108 valence electrons. The highest BCUT2D eigenvalue weighted by molar-refractivity contribution is 7.07. The molecule has 1 atom stereocenters. The number of benzene rings is 2. The molecule has 0 amide bonds. The van der Waals surface area contributed by atoms with Crippen molar-refractivity contribution in [2.45, 2.75) is 25.8 Å². The van der Waals surface area contributed by atoms with Gasteiger partial charge >= 0.3 is 0 Å². The van der Waals surface area contributed by atoms with Crippen LogP contribution in [0.4, 0.5) is 0 Å². The van der Waals surface area contributed by atoms with Crippen LogP contribution in [0, 0.1) is 0 Å². The van der Waals surface area contributed by atoms with Crippen LogP contribution in [0.15, 0.2) is 59.3 Å². The summed E-state index contributed by atoms with van der Waals surface area (Å²) in [4.78, 5) is 0. The summed E-state index contributed by atoms with van der Waals surface area (Å²) in [6, 6.07) is 18.1. The molecular formula is C19H21NS. The molecule has 1 unspecified atom stereocenters. The van der Waals surface area contributed by atoms with Gasteiger partial charge in [-0.2, -0.15) is 11.3 Å². The molecular weight excluding hydrogens is 274 g/mol. The highest BCUT2D eigenvalue weighted by Crippen LogP contribution is 2.18. The fraction of sp³-hybridized carbons (Fsp3) is 0.263. The highest BCUT2D eigenvalue weighted by Gasteiger charge is 2.10. The zero-order valence-electron chi connectivity index (χ0n) is 12.4. The van der Waals surface area contributed by atoms with E-state index in [2.05, 4.69) is 71.5 Å². The van der Waals surface area contributed by atoms with Gasteiger partial charge in [0.05, 0.1) is 0 Å².